The van der Waals surface area contributed by atoms with Gasteiger partial charge in [-0.25, -0.2) is 0 Å². The summed E-state index contributed by atoms with van der Waals surface area (Å²) in [6.07, 6.45) is 4.29. The second kappa shape index (κ2) is 5.17. The van der Waals surface area contributed by atoms with Gasteiger partial charge in [0.15, 0.2) is 0 Å². The fourth-order valence-corrected chi connectivity index (χ4v) is 2.80. The summed E-state index contributed by atoms with van der Waals surface area (Å²) < 4.78 is 0. The van der Waals surface area contributed by atoms with E-state index in [2.05, 4.69) is 0 Å². The Hall–Kier alpha value is -0.570. The number of rotatable bonds is 4. The number of carboxylic acids is 1. The normalized spacial score (nSPS) is 24.1. The van der Waals surface area contributed by atoms with E-state index in [1.807, 2.05) is 20.8 Å². The quantitative estimate of drug-likeness (QED) is 0.777. The van der Waals surface area contributed by atoms with Crippen LogP contribution in [0.15, 0.2) is 0 Å². The van der Waals surface area contributed by atoms with Crippen LogP contribution in [0, 0.1) is 17.8 Å². The third-order valence-corrected chi connectivity index (χ3v) is 4.14. The molecule has 1 saturated carbocycles. The second-order valence-electron chi connectivity index (χ2n) is 5.58. The number of carboxylic acid groups (broad SMARTS) is 1. The van der Waals surface area contributed by atoms with Crippen molar-refractivity contribution in [3.8, 4) is 0 Å². The maximum Gasteiger partial charge on any atom is 0.309 e. The molecule has 0 aromatic heterocycles. The Morgan fingerprint density at radius 3 is 2.00 bits per heavy atom. The zero-order valence-corrected chi connectivity index (χ0v) is 10.6. The molecule has 1 rings (SSSR count). The standard InChI is InChI=1S/C13H24O3/c1-9(2)10(3)11(12(14)15)13(16)7-5-4-6-8-13/h9-11,16H,4-8H2,1-3H3,(H,14,15)/t10-,11-/m0/s1. The minimum Gasteiger partial charge on any atom is -0.481 e. The van der Waals surface area contributed by atoms with Gasteiger partial charge in [0.05, 0.1) is 11.5 Å². The highest BCUT2D eigenvalue weighted by Crippen LogP contribution is 2.40. The Labute approximate surface area is 97.9 Å². The van der Waals surface area contributed by atoms with Crippen molar-refractivity contribution in [3.05, 3.63) is 0 Å². The molecule has 3 nitrogen and oxygen atoms in total. The Kier molecular flexibility index (Phi) is 4.36. The van der Waals surface area contributed by atoms with Gasteiger partial charge in [0.25, 0.3) is 0 Å². The van der Waals surface area contributed by atoms with Crippen LogP contribution >= 0.6 is 0 Å². The van der Waals surface area contributed by atoms with Crippen LogP contribution in [0.4, 0.5) is 0 Å². The summed E-state index contributed by atoms with van der Waals surface area (Å²) in [5.41, 5.74) is -0.978. The maximum absolute atomic E-state index is 11.4. The van der Waals surface area contributed by atoms with Crippen LogP contribution in [0.1, 0.15) is 52.9 Å². The van der Waals surface area contributed by atoms with Gasteiger partial charge < -0.3 is 10.2 Å². The first-order chi connectivity index (χ1) is 7.38. The molecule has 0 aromatic rings. The number of aliphatic hydroxyl groups is 1. The molecule has 16 heavy (non-hydrogen) atoms. The number of aliphatic carboxylic acids is 1. The van der Waals surface area contributed by atoms with E-state index in [0.717, 1.165) is 19.3 Å². The van der Waals surface area contributed by atoms with Crippen molar-refractivity contribution in [2.75, 3.05) is 0 Å². The molecule has 94 valence electrons. The molecule has 1 aliphatic rings. The van der Waals surface area contributed by atoms with Crippen LogP contribution in [-0.4, -0.2) is 21.8 Å². The van der Waals surface area contributed by atoms with E-state index < -0.39 is 17.5 Å². The lowest BCUT2D eigenvalue weighted by atomic mass is 9.68. The Morgan fingerprint density at radius 1 is 1.12 bits per heavy atom. The molecule has 0 spiro atoms. The fourth-order valence-electron chi connectivity index (χ4n) is 2.80. The topological polar surface area (TPSA) is 57.5 Å². The van der Waals surface area contributed by atoms with E-state index in [9.17, 15) is 15.0 Å². The fraction of sp³-hybridized carbons (Fsp3) is 0.923. The van der Waals surface area contributed by atoms with Gasteiger partial charge in [0.2, 0.25) is 0 Å². The predicted octanol–water partition coefficient (Wildman–Crippen LogP) is 2.67. The average Bonchev–Trinajstić information content (AvgIpc) is 2.17. The van der Waals surface area contributed by atoms with Crippen molar-refractivity contribution in [1.82, 2.24) is 0 Å². The van der Waals surface area contributed by atoms with Crippen LogP contribution in [0.3, 0.4) is 0 Å². The lowest BCUT2D eigenvalue weighted by molar-refractivity contribution is -0.161. The molecular formula is C13H24O3. The van der Waals surface area contributed by atoms with Gasteiger partial charge in [-0.2, -0.15) is 0 Å². The highest BCUT2D eigenvalue weighted by atomic mass is 16.4. The highest BCUT2D eigenvalue weighted by molar-refractivity contribution is 5.72. The SMILES string of the molecule is CC(C)[C@H](C)[C@@H](C(=O)O)C1(O)CCCCC1. The molecule has 0 aromatic carbocycles. The van der Waals surface area contributed by atoms with Crippen LogP contribution in [0.2, 0.25) is 0 Å². The molecule has 1 fully saturated rings. The number of hydrogen-bond acceptors (Lipinski definition) is 2. The van der Waals surface area contributed by atoms with Crippen LogP contribution < -0.4 is 0 Å². The second-order valence-corrected chi connectivity index (χ2v) is 5.58. The van der Waals surface area contributed by atoms with Crippen molar-refractivity contribution in [3.63, 3.8) is 0 Å². The Morgan fingerprint density at radius 2 is 1.62 bits per heavy atom. The number of carbonyl (C=O) groups is 1. The van der Waals surface area contributed by atoms with E-state index in [0.29, 0.717) is 12.8 Å². The van der Waals surface area contributed by atoms with Crippen molar-refractivity contribution in [2.24, 2.45) is 17.8 Å². The zero-order chi connectivity index (χ0) is 12.3. The van der Waals surface area contributed by atoms with Crippen molar-refractivity contribution < 1.29 is 15.0 Å². The predicted molar refractivity (Wildman–Crippen MR) is 63.2 cm³/mol. The number of hydrogen-bond donors (Lipinski definition) is 2. The summed E-state index contributed by atoms with van der Waals surface area (Å²) in [5, 5.41) is 19.9. The van der Waals surface area contributed by atoms with Crippen LogP contribution in [-0.2, 0) is 4.79 Å². The van der Waals surface area contributed by atoms with E-state index in [4.69, 9.17) is 0 Å². The molecule has 0 saturated heterocycles. The highest BCUT2D eigenvalue weighted by Gasteiger charge is 2.45. The summed E-state index contributed by atoms with van der Waals surface area (Å²) in [7, 11) is 0. The molecule has 0 radical (unpaired) electrons. The lowest BCUT2D eigenvalue weighted by Crippen LogP contribution is -2.48. The average molecular weight is 228 g/mol. The van der Waals surface area contributed by atoms with Gasteiger partial charge in [0, 0.05) is 0 Å². The molecular weight excluding hydrogens is 204 g/mol. The molecule has 0 heterocycles. The Bertz CT molecular complexity index is 242. The first kappa shape index (κ1) is 13.5. The first-order valence-corrected chi connectivity index (χ1v) is 6.33. The van der Waals surface area contributed by atoms with Gasteiger partial charge in [-0.15, -0.1) is 0 Å². The molecule has 0 unspecified atom stereocenters. The summed E-state index contributed by atoms with van der Waals surface area (Å²) >= 11 is 0. The van der Waals surface area contributed by atoms with E-state index >= 15 is 0 Å². The summed E-state index contributed by atoms with van der Waals surface area (Å²) in [5.74, 6) is -1.16. The molecule has 2 N–H and O–H groups in total. The van der Waals surface area contributed by atoms with Gasteiger partial charge in [0.1, 0.15) is 0 Å². The third-order valence-electron chi connectivity index (χ3n) is 4.14. The van der Waals surface area contributed by atoms with Gasteiger partial charge in [-0.05, 0) is 24.7 Å². The molecule has 1 aliphatic carbocycles. The monoisotopic (exact) mass is 228 g/mol. The maximum atomic E-state index is 11.4. The minimum atomic E-state index is -0.978. The molecule has 2 atom stereocenters. The molecule has 3 heteroatoms. The lowest BCUT2D eigenvalue weighted by Gasteiger charge is -2.40. The minimum absolute atomic E-state index is 0.0144. The van der Waals surface area contributed by atoms with E-state index in [1.54, 1.807) is 0 Å². The Balaban J connectivity index is 2.87. The third kappa shape index (κ3) is 2.76. The largest absolute Gasteiger partial charge is 0.481 e. The molecule has 0 aliphatic heterocycles. The zero-order valence-electron chi connectivity index (χ0n) is 10.6. The van der Waals surface area contributed by atoms with Gasteiger partial charge in [-0.3, -0.25) is 4.79 Å². The van der Waals surface area contributed by atoms with Crippen LogP contribution in [0.5, 0.6) is 0 Å². The van der Waals surface area contributed by atoms with Crippen LogP contribution in [0.25, 0.3) is 0 Å². The van der Waals surface area contributed by atoms with E-state index in [-0.39, 0.29) is 11.8 Å². The van der Waals surface area contributed by atoms with Crippen molar-refractivity contribution in [2.45, 2.75) is 58.5 Å². The van der Waals surface area contributed by atoms with Crippen molar-refractivity contribution in [1.29, 1.82) is 0 Å². The van der Waals surface area contributed by atoms with Crippen molar-refractivity contribution >= 4 is 5.97 Å². The first-order valence-electron chi connectivity index (χ1n) is 6.33. The van der Waals surface area contributed by atoms with Gasteiger partial charge >= 0.3 is 5.97 Å². The smallest absolute Gasteiger partial charge is 0.309 e. The summed E-state index contributed by atoms with van der Waals surface area (Å²) in [6.45, 7) is 5.98. The summed E-state index contributed by atoms with van der Waals surface area (Å²) in [6, 6.07) is 0. The van der Waals surface area contributed by atoms with Gasteiger partial charge in [-0.1, -0.05) is 40.0 Å². The molecule has 0 amide bonds. The molecule has 0 bridgehead atoms. The summed E-state index contributed by atoms with van der Waals surface area (Å²) in [4.78, 5) is 11.4. The van der Waals surface area contributed by atoms with E-state index in [1.165, 1.54) is 0 Å².